The Morgan fingerprint density at radius 2 is 1.59 bits per heavy atom. The van der Waals surface area contributed by atoms with Crippen molar-refractivity contribution in [3.05, 3.63) is 99.1 Å². The highest BCUT2D eigenvalue weighted by molar-refractivity contribution is 14.1. The second kappa shape index (κ2) is 8.81. The Kier molecular flexibility index (Phi) is 6.24. The average Bonchev–Trinajstić information content (AvgIpc) is 2.68. The van der Waals surface area contributed by atoms with E-state index in [1.165, 1.54) is 0 Å². The molecule has 0 saturated carbocycles. The molecule has 3 aromatic carbocycles. The molecule has 0 bridgehead atoms. The Morgan fingerprint density at radius 1 is 0.889 bits per heavy atom. The lowest BCUT2D eigenvalue weighted by Gasteiger charge is -2.18. The van der Waals surface area contributed by atoms with Crippen LogP contribution in [0.15, 0.2) is 78.9 Å². The lowest BCUT2D eigenvalue weighted by Crippen LogP contribution is -2.26. The summed E-state index contributed by atoms with van der Waals surface area (Å²) in [5.74, 6) is -0.292. The quantitative estimate of drug-likeness (QED) is 0.544. The summed E-state index contributed by atoms with van der Waals surface area (Å²) in [6.07, 6.45) is 0. The second-order valence-electron chi connectivity index (χ2n) is 6.19. The van der Waals surface area contributed by atoms with E-state index in [-0.39, 0.29) is 11.8 Å². The third-order valence-corrected chi connectivity index (χ3v) is 4.73. The summed E-state index contributed by atoms with van der Waals surface area (Å²) in [7, 11) is 1.77. The van der Waals surface area contributed by atoms with E-state index >= 15 is 0 Å². The molecule has 0 aliphatic rings. The van der Waals surface area contributed by atoms with Gasteiger partial charge in [-0.2, -0.15) is 0 Å². The lowest BCUT2D eigenvalue weighted by atomic mass is 10.1. The van der Waals surface area contributed by atoms with Crippen LogP contribution in [0, 0.1) is 3.57 Å². The monoisotopic (exact) mass is 470 g/mol. The van der Waals surface area contributed by atoms with Gasteiger partial charge < -0.3 is 10.2 Å². The summed E-state index contributed by atoms with van der Waals surface area (Å²) in [4.78, 5) is 26.8. The van der Waals surface area contributed by atoms with Gasteiger partial charge in [0.1, 0.15) is 0 Å². The van der Waals surface area contributed by atoms with Gasteiger partial charge in [0, 0.05) is 34.0 Å². The fourth-order valence-electron chi connectivity index (χ4n) is 2.71. The number of rotatable bonds is 5. The maximum absolute atomic E-state index is 12.7. The molecular weight excluding hydrogens is 451 g/mol. The molecule has 27 heavy (non-hydrogen) atoms. The summed E-state index contributed by atoms with van der Waals surface area (Å²) in [6, 6.07) is 24.2. The van der Waals surface area contributed by atoms with Crippen molar-refractivity contribution in [1.82, 2.24) is 4.90 Å². The number of hydrogen-bond acceptors (Lipinski definition) is 2. The molecule has 0 aliphatic heterocycles. The Labute approximate surface area is 172 Å². The number of carbonyl (C=O) groups is 2. The van der Waals surface area contributed by atoms with E-state index in [1.54, 1.807) is 42.3 Å². The van der Waals surface area contributed by atoms with Crippen LogP contribution in [0.5, 0.6) is 0 Å². The summed E-state index contributed by atoms with van der Waals surface area (Å²) >= 11 is 2.17. The zero-order valence-electron chi connectivity index (χ0n) is 14.9. The van der Waals surface area contributed by atoms with Gasteiger partial charge in [0.2, 0.25) is 0 Å². The molecule has 5 heteroatoms. The molecule has 136 valence electrons. The molecule has 0 aromatic heterocycles. The molecule has 0 aliphatic carbocycles. The highest BCUT2D eigenvalue weighted by Crippen LogP contribution is 2.16. The van der Waals surface area contributed by atoms with Crippen molar-refractivity contribution >= 4 is 40.1 Å². The molecule has 0 saturated heterocycles. The van der Waals surface area contributed by atoms with Crippen LogP contribution >= 0.6 is 22.6 Å². The minimum Gasteiger partial charge on any atom is -0.337 e. The number of anilines is 1. The van der Waals surface area contributed by atoms with Crippen LogP contribution < -0.4 is 5.32 Å². The number of carbonyl (C=O) groups excluding carboxylic acids is 2. The molecule has 1 N–H and O–H groups in total. The first-order chi connectivity index (χ1) is 13.0. The van der Waals surface area contributed by atoms with Crippen molar-refractivity contribution < 1.29 is 9.59 Å². The van der Waals surface area contributed by atoms with Crippen molar-refractivity contribution in [2.24, 2.45) is 0 Å². The fourth-order valence-corrected chi connectivity index (χ4v) is 3.26. The summed E-state index contributed by atoms with van der Waals surface area (Å²) in [5, 5.41) is 2.86. The van der Waals surface area contributed by atoms with E-state index in [2.05, 4.69) is 27.9 Å². The highest BCUT2D eigenvalue weighted by atomic mass is 127. The molecule has 0 unspecified atom stereocenters. The van der Waals surface area contributed by atoms with Gasteiger partial charge in [-0.05, 0) is 64.6 Å². The van der Waals surface area contributed by atoms with E-state index in [1.807, 2.05) is 48.5 Å². The van der Waals surface area contributed by atoms with Crippen molar-refractivity contribution in [3.63, 3.8) is 0 Å². The first kappa shape index (κ1) is 19.1. The number of hydrogen-bond donors (Lipinski definition) is 1. The van der Waals surface area contributed by atoms with Crippen LogP contribution in [0.3, 0.4) is 0 Å². The molecule has 3 aromatic rings. The molecule has 0 spiro atoms. The third kappa shape index (κ3) is 5.17. The molecule has 4 nitrogen and oxygen atoms in total. The Balaban J connectivity index is 1.71. The Bertz CT molecular complexity index is 957. The van der Waals surface area contributed by atoms with Crippen LogP contribution in [0.1, 0.15) is 26.3 Å². The molecule has 0 radical (unpaired) electrons. The SMILES string of the molecule is CN(Cc1ccccc1)C(=O)c1cccc(NC(=O)c2cccc(I)c2)c1. The van der Waals surface area contributed by atoms with E-state index in [9.17, 15) is 9.59 Å². The van der Waals surface area contributed by atoms with Crippen LogP contribution in [-0.2, 0) is 6.54 Å². The summed E-state index contributed by atoms with van der Waals surface area (Å²) in [6.45, 7) is 0.527. The number of benzene rings is 3. The van der Waals surface area contributed by atoms with E-state index in [0.717, 1.165) is 9.13 Å². The Morgan fingerprint density at radius 3 is 2.33 bits per heavy atom. The van der Waals surface area contributed by atoms with Gasteiger partial charge in [0.15, 0.2) is 0 Å². The smallest absolute Gasteiger partial charge is 0.255 e. The van der Waals surface area contributed by atoms with Crippen LogP contribution in [0.4, 0.5) is 5.69 Å². The zero-order chi connectivity index (χ0) is 19.2. The molecule has 2 amide bonds. The highest BCUT2D eigenvalue weighted by Gasteiger charge is 2.13. The van der Waals surface area contributed by atoms with Gasteiger partial charge in [-0.15, -0.1) is 0 Å². The first-order valence-electron chi connectivity index (χ1n) is 8.49. The van der Waals surface area contributed by atoms with Crippen LogP contribution in [0.2, 0.25) is 0 Å². The fraction of sp³-hybridized carbons (Fsp3) is 0.0909. The predicted molar refractivity (Wildman–Crippen MR) is 116 cm³/mol. The van der Waals surface area contributed by atoms with Gasteiger partial charge in [0.25, 0.3) is 11.8 Å². The molecular formula is C22H19IN2O2. The molecule has 0 heterocycles. The molecule has 3 rings (SSSR count). The molecule has 0 atom stereocenters. The van der Waals surface area contributed by atoms with Gasteiger partial charge in [0.05, 0.1) is 0 Å². The van der Waals surface area contributed by atoms with Crippen LogP contribution in [-0.4, -0.2) is 23.8 Å². The lowest BCUT2D eigenvalue weighted by molar-refractivity contribution is 0.0784. The standard InChI is InChI=1S/C22H19IN2O2/c1-25(15-16-7-3-2-4-8-16)22(27)18-10-6-12-20(14-18)24-21(26)17-9-5-11-19(23)13-17/h2-14H,15H2,1H3,(H,24,26). The summed E-state index contributed by atoms with van der Waals surface area (Å²) < 4.78 is 0.992. The largest absolute Gasteiger partial charge is 0.337 e. The number of nitrogens with one attached hydrogen (secondary N) is 1. The maximum Gasteiger partial charge on any atom is 0.255 e. The minimum absolute atomic E-state index is 0.0933. The van der Waals surface area contributed by atoms with Crippen molar-refractivity contribution in [3.8, 4) is 0 Å². The third-order valence-electron chi connectivity index (χ3n) is 4.06. The first-order valence-corrected chi connectivity index (χ1v) is 9.57. The Hall–Kier alpha value is -2.67. The predicted octanol–water partition coefficient (Wildman–Crippen LogP) is 4.82. The van der Waals surface area contributed by atoms with Crippen molar-refractivity contribution in [2.45, 2.75) is 6.54 Å². The van der Waals surface area contributed by atoms with E-state index in [0.29, 0.717) is 23.4 Å². The number of amides is 2. The number of nitrogens with zero attached hydrogens (tertiary/aromatic N) is 1. The number of halogens is 1. The minimum atomic E-state index is -0.198. The normalized spacial score (nSPS) is 10.3. The maximum atomic E-state index is 12.7. The van der Waals surface area contributed by atoms with Crippen LogP contribution in [0.25, 0.3) is 0 Å². The van der Waals surface area contributed by atoms with E-state index in [4.69, 9.17) is 0 Å². The molecule has 0 fully saturated rings. The zero-order valence-corrected chi connectivity index (χ0v) is 17.0. The van der Waals surface area contributed by atoms with E-state index < -0.39 is 0 Å². The average molecular weight is 470 g/mol. The second-order valence-corrected chi connectivity index (χ2v) is 7.44. The van der Waals surface area contributed by atoms with Crippen molar-refractivity contribution in [1.29, 1.82) is 0 Å². The summed E-state index contributed by atoms with van der Waals surface area (Å²) in [5.41, 5.74) is 2.78. The van der Waals surface area contributed by atoms with Gasteiger partial charge in [-0.1, -0.05) is 42.5 Å². The van der Waals surface area contributed by atoms with Gasteiger partial charge >= 0.3 is 0 Å². The van der Waals surface area contributed by atoms with Gasteiger partial charge in [-0.3, -0.25) is 9.59 Å². The van der Waals surface area contributed by atoms with Crippen molar-refractivity contribution in [2.75, 3.05) is 12.4 Å². The van der Waals surface area contributed by atoms with Gasteiger partial charge in [-0.25, -0.2) is 0 Å². The topological polar surface area (TPSA) is 49.4 Å².